The van der Waals surface area contributed by atoms with E-state index in [4.69, 9.17) is 14.2 Å². The lowest BCUT2D eigenvalue weighted by molar-refractivity contribution is -0.157. The molecule has 0 aliphatic carbocycles. The molecule has 1 atom stereocenters. The SMILES string of the molecule is COc1ccc(OC)c(/C=C/C(=O)O[C@H](C(=O)N2CCCCC2)c2ccccc2)c1. The van der Waals surface area contributed by atoms with Crippen LogP contribution in [0.5, 0.6) is 11.5 Å². The third-order valence-corrected chi connectivity index (χ3v) is 5.06. The van der Waals surface area contributed by atoms with Crippen molar-refractivity contribution in [3.05, 3.63) is 65.7 Å². The summed E-state index contributed by atoms with van der Waals surface area (Å²) in [4.78, 5) is 27.5. The summed E-state index contributed by atoms with van der Waals surface area (Å²) < 4.78 is 16.2. The first-order chi connectivity index (χ1) is 14.6. The molecule has 30 heavy (non-hydrogen) atoms. The smallest absolute Gasteiger partial charge is 0.331 e. The van der Waals surface area contributed by atoms with Crippen molar-refractivity contribution in [1.29, 1.82) is 0 Å². The number of hydrogen-bond donors (Lipinski definition) is 0. The van der Waals surface area contributed by atoms with Gasteiger partial charge in [0.1, 0.15) is 11.5 Å². The molecule has 0 N–H and O–H groups in total. The largest absolute Gasteiger partial charge is 0.497 e. The van der Waals surface area contributed by atoms with E-state index in [1.807, 2.05) is 18.2 Å². The average Bonchev–Trinajstić information content (AvgIpc) is 2.81. The normalized spacial score (nSPS) is 14.9. The second kappa shape index (κ2) is 10.5. The number of piperidine rings is 1. The Hall–Kier alpha value is -3.28. The van der Waals surface area contributed by atoms with Crippen LogP contribution < -0.4 is 9.47 Å². The summed E-state index contributed by atoms with van der Waals surface area (Å²) in [6.45, 7) is 1.38. The Morgan fingerprint density at radius 3 is 2.37 bits per heavy atom. The maximum atomic E-state index is 13.1. The van der Waals surface area contributed by atoms with Gasteiger partial charge in [-0.05, 0) is 43.5 Å². The summed E-state index contributed by atoms with van der Waals surface area (Å²) in [5, 5.41) is 0. The first-order valence-corrected chi connectivity index (χ1v) is 10.1. The molecule has 0 unspecified atom stereocenters. The standard InChI is InChI=1S/C24H27NO5/c1-28-20-12-13-21(29-2)19(17-20)11-14-22(26)30-23(18-9-5-3-6-10-18)24(27)25-15-7-4-8-16-25/h3,5-6,9-14,17,23H,4,7-8,15-16H2,1-2H3/b14-11+/t23-/m0/s1. The van der Waals surface area contributed by atoms with Gasteiger partial charge < -0.3 is 19.1 Å². The van der Waals surface area contributed by atoms with Crippen molar-refractivity contribution in [3.63, 3.8) is 0 Å². The van der Waals surface area contributed by atoms with Crippen LogP contribution in [-0.4, -0.2) is 44.1 Å². The lowest BCUT2D eigenvalue weighted by Crippen LogP contribution is -2.40. The molecule has 1 amide bonds. The molecule has 0 saturated carbocycles. The molecule has 6 nitrogen and oxygen atoms in total. The van der Waals surface area contributed by atoms with Crippen LogP contribution >= 0.6 is 0 Å². The molecule has 1 heterocycles. The Kier molecular flexibility index (Phi) is 7.49. The number of methoxy groups -OCH3 is 2. The average molecular weight is 409 g/mol. The van der Waals surface area contributed by atoms with E-state index >= 15 is 0 Å². The molecule has 3 rings (SSSR count). The molecule has 2 aromatic carbocycles. The van der Waals surface area contributed by atoms with Crippen molar-refractivity contribution in [1.82, 2.24) is 4.90 Å². The molecule has 0 aromatic heterocycles. The minimum absolute atomic E-state index is 0.179. The zero-order chi connectivity index (χ0) is 21.3. The minimum atomic E-state index is -0.964. The Morgan fingerprint density at radius 2 is 1.70 bits per heavy atom. The van der Waals surface area contributed by atoms with Crippen molar-refractivity contribution >= 4 is 18.0 Å². The molecular weight excluding hydrogens is 382 g/mol. The highest BCUT2D eigenvalue weighted by Crippen LogP contribution is 2.26. The van der Waals surface area contributed by atoms with Crippen LogP contribution in [0.15, 0.2) is 54.6 Å². The third kappa shape index (κ3) is 5.41. The number of esters is 1. The number of carbonyl (C=O) groups is 2. The molecule has 0 radical (unpaired) electrons. The highest BCUT2D eigenvalue weighted by atomic mass is 16.5. The molecule has 6 heteroatoms. The molecule has 1 fully saturated rings. The van der Waals surface area contributed by atoms with Gasteiger partial charge >= 0.3 is 5.97 Å². The Bertz CT molecular complexity index is 888. The maximum Gasteiger partial charge on any atom is 0.331 e. The monoisotopic (exact) mass is 409 g/mol. The van der Waals surface area contributed by atoms with Gasteiger partial charge in [0.15, 0.2) is 0 Å². The van der Waals surface area contributed by atoms with Gasteiger partial charge in [-0.3, -0.25) is 4.79 Å². The predicted octanol–water partition coefficient (Wildman–Crippen LogP) is 4.01. The van der Waals surface area contributed by atoms with Crippen LogP contribution in [0.2, 0.25) is 0 Å². The summed E-state index contributed by atoms with van der Waals surface area (Å²) in [6.07, 6.45) is 4.99. The summed E-state index contributed by atoms with van der Waals surface area (Å²) in [6, 6.07) is 14.4. The van der Waals surface area contributed by atoms with Gasteiger partial charge in [0.05, 0.1) is 14.2 Å². The second-order valence-electron chi connectivity index (χ2n) is 7.05. The topological polar surface area (TPSA) is 65.1 Å². The lowest BCUT2D eigenvalue weighted by atomic mass is 10.1. The van der Waals surface area contributed by atoms with E-state index in [0.717, 1.165) is 19.3 Å². The van der Waals surface area contributed by atoms with Gasteiger partial charge in [0, 0.05) is 30.3 Å². The summed E-state index contributed by atoms with van der Waals surface area (Å²) >= 11 is 0. The van der Waals surface area contributed by atoms with E-state index in [0.29, 0.717) is 35.7 Å². The van der Waals surface area contributed by atoms with Gasteiger partial charge in [-0.25, -0.2) is 4.79 Å². The fourth-order valence-electron chi connectivity index (χ4n) is 3.45. The summed E-state index contributed by atoms with van der Waals surface area (Å²) in [7, 11) is 3.13. The van der Waals surface area contributed by atoms with E-state index in [1.165, 1.54) is 6.08 Å². The molecule has 1 aliphatic heterocycles. The number of likely N-dealkylation sites (tertiary alicyclic amines) is 1. The number of amides is 1. The van der Waals surface area contributed by atoms with Crippen molar-refractivity contribution in [3.8, 4) is 11.5 Å². The van der Waals surface area contributed by atoms with Gasteiger partial charge in [0.2, 0.25) is 6.10 Å². The number of hydrogen-bond acceptors (Lipinski definition) is 5. The van der Waals surface area contributed by atoms with Gasteiger partial charge in [-0.1, -0.05) is 30.3 Å². The van der Waals surface area contributed by atoms with Crippen molar-refractivity contribution in [2.24, 2.45) is 0 Å². The minimum Gasteiger partial charge on any atom is -0.497 e. The Morgan fingerprint density at radius 1 is 0.967 bits per heavy atom. The Balaban J connectivity index is 1.78. The molecule has 1 aliphatic rings. The van der Waals surface area contributed by atoms with E-state index < -0.39 is 12.1 Å². The summed E-state index contributed by atoms with van der Waals surface area (Å²) in [5.41, 5.74) is 1.33. The zero-order valence-corrected chi connectivity index (χ0v) is 17.4. The van der Waals surface area contributed by atoms with Gasteiger partial charge in [-0.2, -0.15) is 0 Å². The number of benzene rings is 2. The molecule has 0 bridgehead atoms. The fraction of sp³-hybridized carbons (Fsp3) is 0.333. The maximum absolute atomic E-state index is 13.1. The zero-order valence-electron chi connectivity index (χ0n) is 17.4. The van der Waals surface area contributed by atoms with E-state index in [1.54, 1.807) is 55.5 Å². The molecular formula is C24H27NO5. The summed E-state index contributed by atoms with van der Waals surface area (Å²) in [5.74, 6) is 0.468. The number of rotatable bonds is 7. The van der Waals surface area contributed by atoms with Crippen LogP contribution in [0.4, 0.5) is 0 Å². The predicted molar refractivity (Wildman–Crippen MR) is 114 cm³/mol. The van der Waals surface area contributed by atoms with Crippen LogP contribution in [0.25, 0.3) is 6.08 Å². The van der Waals surface area contributed by atoms with E-state index in [2.05, 4.69) is 0 Å². The highest BCUT2D eigenvalue weighted by molar-refractivity contribution is 5.91. The Labute approximate surface area is 177 Å². The van der Waals surface area contributed by atoms with Crippen LogP contribution in [0.3, 0.4) is 0 Å². The van der Waals surface area contributed by atoms with E-state index in [-0.39, 0.29) is 5.91 Å². The highest BCUT2D eigenvalue weighted by Gasteiger charge is 2.29. The van der Waals surface area contributed by atoms with Crippen LogP contribution in [-0.2, 0) is 14.3 Å². The van der Waals surface area contributed by atoms with Crippen molar-refractivity contribution < 1.29 is 23.8 Å². The van der Waals surface area contributed by atoms with Gasteiger partial charge in [0.25, 0.3) is 5.91 Å². The first kappa shape index (κ1) is 21.4. The van der Waals surface area contributed by atoms with Crippen molar-refractivity contribution in [2.45, 2.75) is 25.4 Å². The quantitative estimate of drug-likeness (QED) is 0.511. The number of carbonyl (C=O) groups excluding carboxylic acids is 2. The number of nitrogens with zero attached hydrogens (tertiary/aromatic N) is 1. The number of ether oxygens (including phenoxy) is 3. The second-order valence-corrected chi connectivity index (χ2v) is 7.05. The van der Waals surface area contributed by atoms with Crippen molar-refractivity contribution in [2.75, 3.05) is 27.3 Å². The molecule has 158 valence electrons. The molecule has 0 spiro atoms. The third-order valence-electron chi connectivity index (χ3n) is 5.06. The van der Waals surface area contributed by atoms with E-state index in [9.17, 15) is 9.59 Å². The molecule has 2 aromatic rings. The first-order valence-electron chi connectivity index (χ1n) is 10.1. The van der Waals surface area contributed by atoms with Gasteiger partial charge in [-0.15, -0.1) is 0 Å². The molecule has 1 saturated heterocycles. The lowest BCUT2D eigenvalue weighted by Gasteiger charge is -2.30. The fourth-order valence-corrected chi connectivity index (χ4v) is 3.45. The van der Waals surface area contributed by atoms with Crippen LogP contribution in [0, 0.1) is 0 Å². The van der Waals surface area contributed by atoms with Crippen LogP contribution in [0.1, 0.15) is 36.5 Å².